The molecule has 0 aliphatic heterocycles. The normalized spacial score (nSPS) is 20.4. The van der Waals surface area contributed by atoms with Crippen molar-refractivity contribution < 1.29 is 32.2 Å². The van der Waals surface area contributed by atoms with Crippen molar-refractivity contribution in [3.8, 4) is 0 Å². The molecule has 1 amide bonds. The van der Waals surface area contributed by atoms with Crippen molar-refractivity contribution in [3.05, 3.63) is 40.9 Å². The summed E-state index contributed by atoms with van der Waals surface area (Å²) in [7, 11) is 0. The predicted molar refractivity (Wildman–Crippen MR) is 97.8 cm³/mol. The van der Waals surface area contributed by atoms with Crippen molar-refractivity contribution in [2.24, 2.45) is 0 Å². The number of ether oxygens (including phenoxy) is 2. The summed E-state index contributed by atoms with van der Waals surface area (Å²) in [5, 5.41) is 2.93. The third kappa shape index (κ3) is 7.42. The zero-order valence-corrected chi connectivity index (χ0v) is 16.0. The Labute approximate surface area is 165 Å². The molecule has 9 heteroatoms. The summed E-state index contributed by atoms with van der Waals surface area (Å²) in [5.74, 6) is -0.488. The summed E-state index contributed by atoms with van der Waals surface area (Å²) in [6.45, 7) is 0.138. The van der Waals surface area contributed by atoms with E-state index in [2.05, 4.69) is 10.1 Å². The third-order valence-corrected chi connectivity index (χ3v) is 4.61. The minimum absolute atomic E-state index is 0.309. The number of halogens is 4. The van der Waals surface area contributed by atoms with E-state index in [4.69, 9.17) is 16.3 Å². The number of alkyl halides is 3. The molecule has 1 aliphatic carbocycles. The maximum absolute atomic E-state index is 12.1. The molecule has 0 saturated heterocycles. The largest absolute Gasteiger partial charge is 0.459 e. The third-order valence-electron chi connectivity index (χ3n) is 4.28. The molecule has 1 N–H and O–H groups in total. The lowest BCUT2D eigenvalue weighted by atomic mass is 9.93. The van der Waals surface area contributed by atoms with Gasteiger partial charge >= 0.3 is 18.2 Å². The summed E-state index contributed by atoms with van der Waals surface area (Å²) in [5.41, 5.74) is 1.42. The Morgan fingerprint density at radius 3 is 2.46 bits per heavy atom. The average molecular weight is 420 g/mol. The molecule has 5 nitrogen and oxygen atoms in total. The molecule has 0 atom stereocenters. The number of alkyl carbamates (subject to hydrolysis) is 1. The Kier molecular flexibility index (Phi) is 7.74. The maximum atomic E-state index is 12.1. The van der Waals surface area contributed by atoms with Crippen molar-refractivity contribution >= 4 is 29.2 Å². The molecule has 0 spiro atoms. The summed E-state index contributed by atoms with van der Waals surface area (Å²) in [6, 6.07) is 6.83. The zero-order chi connectivity index (χ0) is 20.7. The van der Waals surface area contributed by atoms with Crippen LogP contribution in [-0.2, 0) is 14.3 Å². The van der Waals surface area contributed by atoms with Crippen LogP contribution < -0.4 is 5.32 Å². The number of hydrogen-bond donors (Lipinski definition) is 1. The van der Waals surface area contributed by atoms with E-state index in [-0.39, 0.29) is 12.1 Å². The summed E-state index contributed by atoms with van der Waals surface area (Å²) in [4.78, 5) is 23.5. The number of esters is 1. The van der Waals surface area contributed by atoms with E-state index in [1.165, 1.54) is 6.08 Å². The van der Waals surface area contributed by atoms with Crippen LogP contribution in [0.1, 0.15) is 38.2 Å². The second kappa shape index (κ2) is 9.82. The van der Waals surface area contributed by atoms with E-state index in [1.807, 2.05) is 6.07 Å². The first-order chi connectivity index (χ1) is 13.1. The molecule has 1 aromatic carbocycles. The van der Waals surface area contributed by atoms with Crippen molar-refractivity contribution in [2.45, 2.75) is 50.9 Å². The quantitative estimate of drug-likeness (QED) is 0.545. The highest BCUT2D eigenvalue weighted by molar-refractivity contribution is 6.32. The highest BCUT2D eigenvalue weighted by atomic mass is 35.5. The minimum Gasteiger partial charge on any atom is -0.459 e. The molecule has 0 radical (unpaired) electrons. The van der Waals surface area contributed by atoms with Crippen molar-refractivity contribution in [1.29, 1.82) is 0 Å². The first-order valence-corrected chi connectivity index (χ1v) is 9.15. The number of carbonyl (C=O) groups excluding carboxylic acids is 2. The Morgan fingerprint density at radius 1 is 1.21 bits per heavy atom. The van der Waals surface area contributed by atoms with Crippen LogP contribution in [0.5, 0.6) is 0 Å². The maximum Gasteiger partial charge on any atom is 0.422 e. The van der Waals surface area contributed by atoms with E-state index in [0.717, 1.165) is 5.56 Å². The van der Waals surface area contributed by atoms with Crippen LogP contribution in [0.3, 0.4) is 0 Å². The molecule has 0 heterocycles. The number of nitrogens with one attached hydrogen (secondary N) is 1. The zero-order valence-electron chi connectivity index (χ0n) is 15.2. The highest BCUT2D eigenvalue weighted by Gasteiger charge is 2.30. The predicted octanol–water partition coefficient (Wildman–Crippen LogP) is 4.89. The van der Waals surface area contributed by atoms with Gasteiger partial charge in [0, 0.05) is 17.1 Å². The molecule has 0 bridgehead atoms. The van der Waals surface area contributed by atoms with Gasteiger partial charge in [-0.05, 0) is 49.8 Å². The van der Waals surface area contributed by atoms with E-state index < -0.39 is 24.8 Å². The average Bonchev–Trinajstić information content (AvgIpc) is 2.61. The Hall–Kier alpha value is -2.22. The van der Waals surface area contributed by atoms with Gasteiger partial charge in [0.2, 0.25) is 0 Å². The number of hydrogen-bond acceptors (Lipinski definition) is 4. The van der Waals surface area contributed by atoms with Gasteiger partial charge < -0.3 is 14.8 Å². The van der Waals surface area contributed by atoms with Gasteiger partial charge in [-0.3, -0.25) is 0 Å². The Morgan fingerprint density at radius 2 is 1.86 bits per heavy atom. The summed E-state index contributed by atoms with van der Waals surface area (Å²) >= 11 is 6.10. The number of allylic oxidation sites excluding steroid dienone is 1. The van der Waals surface area contributed by atoms with Crippen molar-refractivity contribution in [1.82, 2.24) is 5.32 Å². The summed E-state index contributed by atoms with van der Waals surface area (Å²) < 4.78 is 45.6. The van der Waals surface area contributed by atoms with Crippen LogP contribution in [0.25, 0.3) is 5.57 Å². The van der Waals surface area contributed by atoms with Gasteiger partial charge in [0.15, 0.2) is 6.61 Å². The fourth-order valence-corrected chi connectivity index (χ4v) is 3.20. The minimum atomic E-state index is -4.56. The van der Waals surface area contributed by atoms with Gasteiger partial charge in [-0.25, -0.2) is 9.59 Å². The van der Waals surface area contributed by atoms with E-state index >= 15 is 0 Å². The van der Waals surface area contributed by atoms with Crippen molar-refractivity contribution in [2.75, 3.05) is 6.61 Å². The lowest BCUT2D eigenvalue weighted by molar-refractivity contribution is -0.160. The standard InChI is InChI=1S/C19H21ClF3NO4/c1-12(15-4-2-3-5-16(15)20)10-17(25)28-14-8-6-13(7-9-14)24-18(26)27-11-19(21,22)23/h2-5,10,13-14H,6-9,11H2,1H3,(H,24,26)/b12-10-. The van der Waals surface area contributed by atoms with Crippen LogP contribution in [0.15, 0.2) is 30.3 Å². The number of carbonyl (C=O) groups is 2. The number of amides is 1. The number of benzene rings is 1. The second-order valence-electron chi connectivity index (χ2n) is 6.55. The SMILES string of the molecule is C/C(=C/C(=O)OC1CCC(NC(=O)OCC(F)(F)F)CC1)c1ccccc1Cl. The molecular weight excluding hydrogens is 399 g/mol. The van der Waals surface area contributed by atoms with Gasteiger partial charge in [0.1, 0.15) is 6.10 Å². The van der Waals surface area contributed by atoms with Gasteiger partial charge in [-0.1, -0.05) is 29.8 Å². The summed E-state index contributed by atoms with van der Waals surface area (Å²) in [6.07, 6.45) is -2.65. The molecule has 0 unspecified atom stereocenters. The van der Waals surface area contributed by atoms with Crippen LogP contribution in [0, 0.1) is 0 Å². The Balaban J connectivity index is 1.76. The van der Waals surface area contributed by atoms with Gasteiger partial charge in [0.25, 0.3) is 0 Å². The fourth-order valence-electron chi connectivity index (χ4n) is 2.91. The molecule has 1 saturated carbocycles. The molecule has 2 rings (SSSR count). The van der Waals surface area contributed by atoms with Gasteiger partial charge in [-0.2, -0.15) is 13.2 Å². The first-order valence-electron chi connectivity index (χ1n) is 8.78. The lowest BCUT2D eigenvalue weighted by Gasteiger charge is -2.28. The molecule has 0 aromatic heterocycles. The van der Waals surface area contributed by atoms with E-state index in [1.54, 1.807) is 25.1 Å². The van der Waals surface area contributed by atoms with Gasteiger partial charge in [-0.15, -0.1) is 0 Å². The van der Waals surface area contributed by atoms with E-state index in [0.29, 0.717) is 36.3 Å². The molecule has 1 aromatic rings. The second-order valence-corrected chi connectivity index (χ2v) is 6.96. The van der Waals surface area contributed by atoms with Crippen LogP contribution in [0.4, 0.5) is 18.0 Å². The molecule has 1 aliphatic rings. The molecule has 28 heavy (non-hydrogen) atoms. The van der Waals surface area contributed by atoms with Crippen LogP contribution >= 0.6 is 11.6 Å². The molecule has 154 valence electrons. The lowest BCUT2D eigenvalue weighted by Crippen LogP contribution is -2.40. The smallest absolute Gasteiger partial charge is 0.422 e. The van der Waals surface area contributed by atoms with Crippen molar-refractivity contribution in [3.63, 3.8) is 0 Å². The highest BCUT2D eigenvalue weighted by Crippen LogP contribution is 2.25. The number of rotatable bonds is 5. The van der Waals surface area contributed by atoms with Crippen LogP contribution in [0.2, 0.25) is 5.02 Å². The van der Waals surface area contributed by atoms with Gasteiger partial charge in [0.05, 0.1) is 0 Å². The Bertz CT molecular complexity index is 728. The van der Waals surface area contributed by atoms with E-state index in [9.17, 15) is 22.8 Å². The van der Waals surface area contributed by atoms with Crippen LogP contribution in [-0.4, -0.2) is 37.0 Å². The topological polar surface area (TPSA) is 64.6 Å². The molecule has 1 fully saturated rings. The fraction of sp³-hybridized carbons (Fsp3) is 0.474. The monoisotopic (exact) mass is 419 g/mol. The first kappa shape index (κ1) is 22.1. The molecular formula is C19H21ClF3NO4.